The fraction of sp³-hybridized carbons (Fsp3) is 0.571. The number of hydrogen-bond donors (Lipinski definition) is 1. The summed E-state index contributed by atoms with van der Waals surface area (Å²) in [6.07, 6.45) is -3.20. The smallest absolute Gasteiger partial charge is 0.302 e. The van der Waals surface area contributed by atoms with Crippen molar-refractivity contribution in [2.45, 2.75) is 36.9 Å². The molecule has 2 rings (SSSR count). The van der Waals surface area contributed by atoms with Crippen molar-refractivity contribution in [3.63, 3.8) is 0 Å². The molecular formula is C14H18ClF3N2O2S. The Morgan fingerprint density at radius 2 is 2.09 bits per heavy atom. The number of hydrogen-bond acceptors (Lipinski definition) is 3. The highest BCUT2D eigenvalue weighted by atomic mass is 35.5. The molecule has 1 unspecified atom stereocenters. The monoisotopic (exact) mass is 370 g/mol. The summed E-state index contributed by atoms with van der Waals surface area (Å²) in [4.78, 5) is 1.67. The van der Waals surface area contributed by atoms with Gasteiger partial charge < -0.3 is 4.90 Å². The third-order valence-corrected chi connectivity index (χ3v) is 5.68. The predicted molar refractivity (Wildman–Crippen MR) is 81.9 cm³/mol. The summed E-state index contributed by atoms with van der Waals surface area (Å²) < 4.78 is 65.8. The Bertz CT molecular complexity index is 664. The lowest BCUT2D eigenvalue weighted by atomic mass is 10.1. The van der Waals surface area contributed by atoms with Crippen LogP contribution < -0.4 is 4.72 Å². The number of alkyl halides is 3. The molecule has 9 heteroatoms. The number of rotatable bonds is 4. The van der Waals surface area contributed by atoms with E-state index in [9.17, 15) is 21.6 Å². The van der Waals surface area contributed by atoms with Crippen LogP contribution >= 0.6 is 11.6 Å². The summed E-state index contributed by atoms with van der Waals surface area (Å²) in [7, 11) is -4.03. The molecule has 0 amide bonds. The van der Waals surface area contributed by atoms with Gasteiger partial charge in [0.15, 0.2) is 0 Å². The molecule has 1 aromatic rings. The van der Waals surface area contributed by atoms with Crippen LogP contribution in [0.5, 0.6) is 0 Å². The molecule has 1 atom stereocenters. The fourth-order valence-corrected chi connectivity index (χ4v) is 4.13. The van der Waals surface area contributed by atoms with Crippen molar-refractivity contribution >= 4 is 21.6 Å². The van der Waals surface area contributed by atoms with Crippen LogP contribution in [0.2, 0.25) is 5.02 Å². The third kappa shape index (κ3) is 4.59. The highest BCUT2D eigenvalue weighted by molar-refractivity contribution is 7.89. The summed E-state index contributed by atoms with van der Waals surface area (Å²) in [5, 5.41) is -0.522. The second kappa shape index (κ2) is 6.96. The number of nitrogens with one attached hydrogen (secondary N) is 1. The van der Waals surface area contributed by atoms with Crippen LogP contribution in [0.4, 0.5) is 13.2 Å². The number of benzene rings is 1. The molecule has 1 aliphatic rings. The van der Waals surface area contributed by atoms with E-state index in [2.05, 4.69) is 9.62 Å². The van der Waals surface area contributed by atoms with Crippen molar-refractivity contribution in [1.82, 2.24) is 9.62 Å². The minimum Gasteiger partial charge on any atom is -0.302 e. The maximum Gasteiger partial charge on any atom is 0.417 e. The van der Waals surface area contributed by atoms with Gasteiger partial charge in [0.05, 0.1) is 15.5 Å². The first-order valence-corrected chi connectivity index (χ1v) is 9.11. The van der Waals surface area contributed by atoms with Gasteiger partial charge in [-0.3, -0.25) is 0 Å². The van der Waals surface area contributed by atoms with E-state index < -0.39 is 31.7 Å². The molecular weight excluding hydrogens is 353 g/mol. The largest absolute Gasteiger partial charge is 0.417 e. The first kappa shape index (κ1) is 18.5. The van der Waals surface area contributed by atoms with Crippen molar-refractivity contribution in [3.8, 4) is 0 Å². The van der Waals surface area contributed by atoms with Crippen molar-refractivity contribution in [1.29, 1.82) is 0 Å². The van der Waals surface area contributed by atoms with Gasteiger partial charge in [-0.05, 0) is 44.1 Å². The second-order valence-corrected chi connectivity index (χ2v) is 7.61. The van der Waals surface area contributed by atoms with Gasteiger partial charge in [0.25, 0.3) is 0 Å². The van der Waals surface area contributed by atoms with Gasteiger partial charge in [0, 0.05) is 12.6 Å². The van der Waals surface area contributed by atoms with E-state index in [1.807, 2.05) is 6.92 Å². The second-order valence-electron chi connectivity index (χ2n) is 5.49. The molecule has 1 saturated heterocycles. The van der Waals surface area contributed by atoms with E-state index in [-0.39, 0.29) is 6.04 Å². The van der Waals surface area contributed by atoms with Gasteiger partial charge in [0.2, 0.25) is 10.0 Å². The molecule has 1 fully saturated rings. The Labute approximate surface area is 138 Å². The molecule has 0 saturated carbocycles. The molecule has 1 heterocycles. The minimum atomic E-state index is -4.70. The Kier molecular flexibility index (Phi) is 5.60. The Morgan fingerprint density at radius 3 is 2.70 bits per heavy atom. The van der Waals surface area contributed by atoms with E-state index in [0.29, 0.717) is 19.0 Å². The molecule has 0 aromatic heterocycles. The van der Waals surface area contributed by atoms with E-state index >= 15 is 0 Å². The molecule has 1 N–H and O–H groups in total. The average Bonchev–Trinajstić information content (AvgIpc) is 2.46. The SMILES string of the molecule is CCN1CCCC(NS(=O)(=O)c2ccc(Cl)c(C(F)(F)F)c2)C1. The van der Waals surface area contributed by atoms with Crippen LogP contribution in [0.15, 0.2) is 23.1 Å². The molecule has 0 spiro atoms. The third-order valence-electron chi connectivity index (χ3n) is 3.83. The van der Waals surface area contributed by atoms with Crippen LogP contribution in [-0.2, 0) is 16.2 Å². The van der Waals surface area contributed by atoms with E-state index in [0.717, 1.165) is 31.6 Å². The van der Waals surface area contributed by atoms with Gasteiger partial charge in [-0.25, -0.2) is 13.1 Å². The van der Waals surface area contributed by atoms with Crippen molar-refractivity contribution < 1.29 is 21.6 Å². The normalized spacial score (nSPS) is 20.7. The van der Waals surface area contributed by atoms with E-state index in [1.54, 1.807) is 0 Å². The summed E-state index contributed by atoms with van der Waals surface area (Å²) in [6.45, 7) is 4.23. The molecule has 4 nitrogen and oxygen atoms in total. The summed E-state index contributed by atoms with van der Waals surface area (Å²) in [5.74, 6) is 0. The van der Waals surface area contributed by atoms with E-state index in [4.69, 9.17) is 11.6 Å². The Morgan fingerprint density at radius 1 is 1.39 bits per heavy atom. The van der Waals surface area contributed by atoms with Crippen LogP contribution in [0, 0.1) is 0 Å². The van der Waals surface area contributed by atoms with E-state index in [1.165, 1.54) is 0 Å². The molecule has 1 aromatic carbocycles. The number of nitrogens with zero attached hydrogens (tertiary/aromatic N) is 1. The predicted octanol–water partition coefficient (Wildman–Crippen LogP) is 3.12. The van der Waals surface area contributed by atoms with Crippen molar-refractivity contribution in [2.24, 2.45) is 0 Å². The average molecular weight is 371 g/mol. The maximum atomic E-state index is 12.9. The topological polar surface area (TPSA) is 49.4 Å². The zero-order chi connectivity index (χ0) is 17.3. The molecule has 0 radical (unpaired) electrons. The fourth-order valence-electron chi connectivity index (χ4n) is 2.62. The number of halogens is 4. The Hall–Kier alpha value is -0.830. The number of sulfonamides is 1. The molecule has 23 heavy (non-hydrogen) atoms. The Balaban J connectivity index is 2.23. The highest BCUT2D eigenvalue weighted by Gasteiger charge is 2.35. The number of likely N-dealkylation sites (tertiary alicyclic amines) is 1. The van der Waals surface area contributed by atoms with Crippen LogP contribution in [-0.4, -0.2) is 39.0 Å². The molecule has 0 aliphatic carbocycles. The van der Waals surface area contributed by atoms with Crippen molar-refractivity contribution in [3.05, 3.63) is 28.8 Å². The van der Waals surface area contributed by atoms with Gasteiger partial charge in [-0.15, -0.1) is 0 Å². The maximum absolute atomic E-state index is 12.9. The van der Waals surface area contributed by atoms with Crippen LogP contribution in [0.25, 0.3) is 0 Å². The quantitative estimate of drug-likeness (QED) is 0.886. The molecule has 130 valence electrons. The lowest BCUT2D eigenvalue weighted by Gasteiger charge is -2.32. The van der Waals surface area contributed by atoms with Gasteiger partial charge in [0.1, 0.15) is 0 Å². The van der Waals surface area contributed by atoms with Crippen LogP contribution in [0.3, 0.4) is 0 Å². The van der Waals surface area contributed by atoms with Gasteiger partial charge >= 0.3 is 6.18 Å². The van der Waals surface area contributed by atoms with Crippen molar-refractivity contribution in [2.75, 3.05) is 19.6 Å². The summed E-state index contributed by atoms with van der Waals surface area (Å²) in [5.41, 5.74) is -1.15. The first-order valence-electron chi connectivity index (χ1n) is 7.25. The minimum absolute atomic E-state index is 0.307. The lowest BCUT2D eigenvalue weighted by Crippen LogP contribution is -2.47. The van der Waals surface area contributed by atoms with Crippen LogP contribution in [0.1, 0.15) is 25.3 Å². The standard InChI is InChI=1S/C14H18ClF3N2O2S/c1-2-20-7-3-4-10(9-20)19-23(21,22)11-5-6-13(15)12(8-11)14(16,17)18/h5-6,8,10,19H,2-4,7,9H2,1H3. The lowest BCUT2D eigenvalue weighted by molar-refractivity contribution is -0.137. The van der Waals surface area contributed by atoms with Gasteiger partial charge in [-0.1, -0.05) is 18.5 Å². The molecule has 1 aliphatic heterocycles. The molecule has 0 bridgehead atoms. The zero-order valence-corrected chi connectivity index (χ0v) is 14.1. The number of likely N-dealkylation sites (N-methyl/N-ethyl adjacent to an activating group) is 1. The van der Waals surface area contributed by atoms with Gasteiger partial charge in [-0.2, -0.15) is 13.2 Å². The zero-order valence-electron chi connectivity index (χ0n) is 12.5. The summed E-state index contributed by atoms with van der Waals surface area (Å²) in [6, 6.07) is 2.31. The number of piperidine rings is 1. The highest BCUT2D eigenvalue weighted by Crippen LogP contribution is 2.36. The first-order chi connectivity index (χ1) is 10.6. The summed E-state index contributed by atoms with van der Waals surface area (Å²) >= 11 is 5.52.